The molecule has 0 radical (unpaired) electrons. The van der Waals surface area contributed by atoms with Crippen molar-refractivity contribution in [1.29, 1.82) is 0 Å². The van der Waals surface area contributed by atoms with Crippen LogP contribution in [-0.2, 0) is 14.8 Å². The lowest BCUT2D eigenvalue weighted by molar-refractivity contribution is 0.0600. The number of carbonyl (C=O) groups is 1. The van der Waals surface area contributed by atoms with Crippen molar-refractivity contribution in [3.8, 4) is 0 Å². The van der Waals surface area contributed by atoms with Crippen LogP contribution in [0, 0.1) is 0 Å². The lowest BCUT2D eigenvalue weighted by atomic mass is 10.1. The summed E-state index contributed by atoms with van der Waals surface area (Å²) in [4.78, 5) is 11.6. The molecule has 0 amide bonds. The zero-order chi connectivity index (χ0) is 14.8. The summed E-state index contributed by atoms with van der Waals surface area (Å²) >= 11 is 0. The predicted molar refractivity (Wildman–Crippen MR) is 81.0 cm³/mol. The summed E-state index contributed by atoms with van der Waals surface area (Å²) in [5.74, 6) is -0.558. The van der Waals surface area contributed by atoms with Crippen molar-refractivity contribution >= 4 is 28.4 Å². The number of piperidine rings is 1. The number of esters is 1. The summed E-state index contributed by atoms with van der Waals surface area (Å²) in [7, 11) is -2.36. The molecule has 1 saturated heterocycles. The van der Waals surface area contributed by atoms with Crippen molar-refractivity contribution in [2.24, 2.45) is 5.73 Å². The second-order valence-electron chi connectivity index (χ2n) is 4.78. The maximum atomic E-state index is 12.5. The summed E-state index contributed by atoms with van der Waals surface area (Å²) in [6.45, 7) is 0.767. The smallest absolute Gasteiger partial charge is 0.337 e. The third kappa shape index (κ3) is 3.94. The van der Waals surface area contributed by atoms with Crippen LogP contribution >= 0.6 is 12.4 Å². The third-order valence-corrected chi connectivity index (χ3v) is 5.17. The van der Waals surface area contributed by atoms with Gasteiger partial charge < -0.3 is 10.5 Å². The molecule has 118 valence electrons. The van der Waals surface area contributed by atoms with Crippen LogP contribution in [0.1, 0.15) is 23.2 Å². The van der Waals surface area contributed by atoms with Crippen molar-refractivity contribution < 1.29 is 17.9 Å². The molecule has 1 heterocycles. The van der Waals surface area contributed by atoms with Crippen LogP contribution in [0.25, 0.3) is 0 Å². The number of nitrogens with zero attached hydrogens (tertiary/aromatic N) is 1. The zero-order valence-electron chi connectivity index (χ0n) is 11.7. The van der Waals surface area contributed by atoms with Crippen LogP contribution < -0.4 is 5.73 Å². The van der Waals surface area contributed by atoms with Gasteiger partial charge in [0.05, 0.1) is 17.6 Å². The van der Waals surface area contributed by atoms with Gasteiger partial charge in [0.25, 0.3) is 0 Å². The maximum absolute atomic E-state index is 12.5. The number of sulfonamides is 1. The van der Waals surface area contributed by atoms with Crippen LogP contribution in [0.2, 0.25) is 0 Å². The summed E-state index contributed by atoms with van der Waals surface area (Å²) < 4.78 is 31.0. The molecule has 2 rings (SSSR count). The molecule has 1 fully saturated rings. The van der Waals surface area contributed by atoms with Crippen LogP contribution in [-0.4, -0.2) is 44.9 Å². The van der Waals surface area contributed by atoms with E-state index in [1.54, 1.807) is 0 Å². The molecule has 2 N–H and O–H groups in total. The van der Waals surface area contributed by atoms with Gasteiger partial charge in [-0.3, -0.25) is 0 Å². The third-order valence-electron chi connectivity index (χ3n) is 3.31. The Morgan fingerprint density at radius 2 is 2.14 bits per heavy atom. The Balaban J connectivity index is 0.00000220. The van der Waals surface area contributed by atoms with Crippen molar-refractivity contribution in [1.82, 2.24) is 4.31 Å². The SMILES string of the molecule is COC(=O)c1cccc(S(=O)(=O)N2CCC[C@@H](N)C2)c1.Cl. The Hall–Kier alpha value is -1.15. The highest BCUT2D eigenvalue weighted by Gasteiger charge is 2.29. The summed E-state index contributed by atoms with van der Waals surface area (Å²) in [6.07, 6.45) is 1.57. The van der Waals surface area contributed by atoms with E-state index in [0.29, 0.717) is 13.1 Å². The monoisotopic (exact) mass is 334 g/mol. The quantitative estimate of drug-likeness (QED) is 0.833. The van der Waals surface area contributed by atoms with Crippen molar-refractivity contribution in [3.05, 3.63) is 29.8 Å². The van der Waals surface area contributed by atoms with E-state index < -0.39 is 16.0 Å². The van der Waals surface area contributed by atoms with Gasteiger partial charge in [-0.15, -0.1) is 12.4 Å². The van der Waals surface area contributed by atoms with E-state index >= 15 is 0 Å². The van der Waals surface area contributed by atoms with Crippen LogP contribution in [0.4, 0.5) is 0 Å². The fourth-order valence-electron chi connectivity index (χ4n) is 2.24. The van der Waals surface area contributed by atoms with Crippen molar-refractivity contribution in [2.45, 2.75) is 23.8 Å². The summed E-state index contributed by atoms with van der Waals surface area (Å²) in [5, 5.41) is 0. The molecule has 0 unspecified atom stereocenters. The highest BCUT2D eigenvalue weighted by Crippen LogP contribution is 2.21. The van der Waals surface area contributed by atoms with Gasteiger partial charge in [0.1, 0.15) is 0 Å². The molecule has 1 aliphatic heterocycles. The molecule has 0 bridgehead atoms. The number of halogens is 1. The van der Waals surface area contributed by atoms with Gasteiger partial charge in [-0.25, -0.2) is 13.2 Å². The molecule has 0 aliphatic carbocycles. The number of carbonyl (C=O) groups excluding carboxylic acids is 1. The molecule has 6 nitrogen and oxygen atoms in total. The first-order chi connectivity index (χ1) is 9.45. The van der Waals surface area contributed by atoms with Gasteiger partial charge in [0, 0.05) is 19.1 Å². The first-order valence-corrected chi connectivity index (χ1v) is 7.83. The van der Waals surface area contributed by atoms with Gasteiger partial charge in [-0.2, -0.15) is 4.31 Å². The maximum Gasteiger partial charge on any atom is 0.337 e. The Morgan fingerprint density at radius 1 is 1.43 bits per heavy atom. The van der Waals surface area contributed by atoms with E-state index in [2.05, 4.69) is 4.74 Å². The van der Waals surface area contributed by atoms with E-state index in [1.807, 2.05) is 0 Å². The van der Waals surface area contributed by atoms with Gasteiger partial charge in [0.15, 0.2) is 0 Å². The summed E-state index contributed by atoms with van der Waals surface area (Å²) in [5.41, 5.74) is 6.04. The fraction of sp³-hybridized carbons (Fsp3) is 0.462. The minimum atomic E-state index is -3.61. The van der Waals surface area contributed by atoms with E-state index in [-0.39, 0.29) is 28.9 Å². The first-order valence-electron chi connectivity index (χ1n) is 6.39. The Kier molecular flexibility index (Phi) is 6.15. The highest BCUT2D eigenvalue weighted by molar-refractivity contribution is 7.89. The van der Waals surface area contributed by atoms with Gasteiger partial charge >= 0.3 is 5.97 Å². The number of benzene rings is 1. The molecule has 0 saturated carbocycles. The number of methoxy groups -OCH3 is 1. The predicted octanol–water partition coefficient (Wildman–Crippen LogP) is 1.01. The lowest BCUT2D eigenvalue weighted by Gasteiger charge is -2.29. The number of nitrogens with two attached hydrogens (primary N) is 1. The number of rotatable bonds is 3. The molecule has 1 aromatic rings. The van der Waals surface area contributed by atoms with Crippen LogP contribution in [0.15, 0.2) is 29.2 Å². The average Bonchev–Trinajstić information content (AvgIpc) is 2.46. The molecule has 8 heteroatoms. The van der Waals surface area contributed by atoms with E-state index in [1.165, 1.54) is 35.7 Å². The fourth-order valence-corrected chi connectivity index (χ4v) is 3.82. The van der Waals surface area contributed by atoms with Gasteiger partial charge in [-0.1, -0.05) is 6.07 Å². The minimum Gasteiger partial charge on any atom is -0.465 e. The highest BCUT2D eigenvalue weighted by atomic mass is 35.5. The molecule has 0 aromatic heterocycles. The molecule has 1 atom stereocenters. The van der Waals surface area contributed by atoms with Gasteiger partial charge in [0.2, 0.25) is 10.0 Å². The van der Waals surface area contributed by atoms with Crippen molar-refractivity contribution in [2.75, 3.05) is 20.2 Å². The first kappa shape index (κ1) is 17.9. The number of ether oxygens (including phenoxy) is 1. The molecule has 0 spiro atoms. The molecule has 21 heavy (non-hydrogen) atoms. The molecule has 1 aromatic carbocycles. The van der Waals surface area contributed by atoms with E-state index in [0.717, 1.165) is 12.8 Å². The van der Waals surface area contributed by atoms with Gasteiger partial charge in [-0.05, 0) is 31.0 Å². The molecular weight excluding hydrogens is 316 g/mol. The Bertz CT molecular complexity index is 606. The topological polar surface area (TPSA) is 89.7 Å². The Morgan fingerprint density at radius 3 is 2.76 bits per heavy atom. The van der Waals surface area contributed by atoms with E-state index in [4.69, 9.17) is 5.73 Å². The van der Waals surface area contributed by atoms with Crippen molar-refractivity contribution in [3.63, 3.8) is 0 Å². The molecule has 1 aliphatic rings. The minimum absolute atomic E-state index is 0. The normalized spacial score (nSPS) is 19.6. The average molecular weight is 335 g/mol. The Labute approximate surface area is 130 Å². The lowest BCUT2D eigenvalue weighted by Crippen LogP contribution is -2.45. The second kappa shape index (κ2) is 7.22. The summed E-state index contributed by atoms with van der Waals surface area (Å²) in [6, 6.07) is 5.72. The standard InChI is InChI=1S/C13H18N2O4S.ClH/c1-19-13(16)10-4-2-6-12(8-10)20(17,18)15-7-3-5-11(14)9-15;/h2,4,6,8,11H,3,5,7,9,14H2,1H3;1H/t11-;/m1./s1. The van der Waals surface area contributed by atoms with E-state index in [9.17, 15) is 13.2 Å². The zero-order valence-corrected chi connectivity index (χ0v) is 13.3. The largest absolute Gasteiger partial charge is 0.465 e. The molecular formula is C13H19ClN2O4S. The number of hydrogen-bond donors (Lipinski definition) is 1. The second-order valence-corrected chi connectivity index (χ2v) is 6.72. The van der Waals surface area contributed by atoms with Crippen LogP contribution in [0.3, 0.4) is 0 Å². The number of hydrogen-bond acceptors (Lipinski definition) is 5. The van der Waals surface area contributed by atoms with Crippen LogP contribution in [0.5, 0.6) is 0 Å².